The maximum Gasteiger partial charge on any atom is 0.326 e. The number of nitriles is 1. The summed E-state index contributed by atoms with van der Waals surface area (Å²) in [4.78, 5) is 22.8. The summed E-state index contributed by atoms with van der Waals surface area (Å²) < 4.78 is 26.5. The number of amides is 1. The first kappa shape index (κ1) is 16.6. The lowest BCUT2D eigenvalue weighted by Gasteiger charge is -2.14. The summed E-state index contributed by atoms with van der Waals surface area (Å²) in [6, 6.07) is 3.81. The van der Waals surface area contributed by atoms with E-state index in [1.165, 1.54) is 0 Å². The zero-order chi connectivity index (χ0) is 15.8. The molecule has 0 aromatic heterocycles. The van der Waals surface area contributed by atoms with Crippen molar-refractivity contribution in [3.05, 3.63) is 35.4 Å². The molecule has 1 atom stereocenters. The third-order valence-electron chi connectivity index (χ3n) is 2.83. The topological polar surface area (TPSA) is 90.2 Å². The van der Waals surface area contributed by atoms with Crippen LogP contribution in [0.15, 0.2) is 18.2 Å². The Kier molecular flexibility index (Phi) is 6.27. The number of carbonyl (C=O) groups excluding carboxylic acids is 1. The van der Waals surface area contributed by atoms with Crippen LogP contribution in [-0.2, 0) is 4.79 Å². The van der Waals surface area contributed by atoms with Gasteiger partial charge in [-0.25, -0.2) is 13.6 Å². The number of aliphatic carboxylic acids is 1. The Bertz CT molecular complexity index is 570. The van der Waals surface area contributed by atoms with E-state index in [4.69, 9.17) is 10.4 Å². The van der Waals surface area contributed by atoms with Gasteiger partial charge in [-0.3, -0.25) is 4.79 Å². The smallest absolute Gasteiger partial charge is 0.326 e. The predicted octanol–water partition coefficient (Wildman–Crippen LogP) is 2.23. The van der Waals surface area contributed by atoms with Gasteiger partial charge in [0, 0.05) is 6.42 Å². The van der Waals surface area contributed by atoms with Crippen LogP contribution >= 0.6 is 0 Å². The quantitative estimate of drug-likeness (QED) is 0.755. The minimum Gasteiger partial charge on any atom is -0.480 e. The first-order valence-electron chi connectivity index (χ1n) is 6.32. The van der Waals surface area contributed by atoms with E-state index in [1.54, 1.807) is 0 Å². The molecule has 2 N–H and O–H groups in total. The highest BCUT2D eigenvalue weighted by Crippen LogP contribution is 2.12. The van der Waals surface area contributed by atoms with Gasteiger partial charge in [0.15, 0.2) is 11.6 Å². The zero-order valence-corrected chi connectivity index (χ0v) is 11.1. The van der Waals surface area contributed by atoms with Gasteiger partial charge >= 0.3 is 5.97 Å². The third-order valence-corrected chi connectivity index (χ3v) is 2.83. The fraction of sp³-hybridized carbons (Fsp3) is 0.357. The van der Waals surface area contributed by atoms with Crippen molar-refractivity contribution in [2.75, 3.05) is 0 Å². The number of nitrogens with one attached hydrogen (secondary N) is 1. The van der Waals surface area contributed by atoms with E-state index in [0.29, 0.717) is 19.3 Å². The molecule has 5 nitrogen and oxygen atoms in total. The SMILES string of the molecule is N#CCCCC[C@@H](NC(=O)c1cccc(F)c1F)C(=O)O. The van der Waals surface area contributed by atoms with Gasteiger partial charge in [-0.15, -0.1) is 0 Å². The first-order chi connectivity index (χ1) is 9.97. The minimum absolute atomic E-state index is 0.111. The summed E-state index contributed by atoms with van der Waals surface area (Å²) in [5.41, 5.74) is -0.543. The Morgan fingerprint density at radius 1 is 1.33 bits per heavy atom. The lowest BCUT2D eigenvalue weighted by Crippen LogP contribution is -2.41. The Morgan fingerprint density at radius 3 is 2.67 bits per heavy atom. The van der Waals surface area contributed by atoms with Crippen molar-refractivity contribution in [2.45, 2.75) is 31.7 Å². The van der Waals surface area contributed by atoms with E-state index in [0.717, 1.165) is 18.2 Å². The molecule has 0 saturated carbocycles. The predicted molar refractivity (Wildman–Crippen MR) is 69.3 cm³/mol. The van der Waals surface area contributed by atoms with E-state index in [-0.39, 0.29) is 6.42 Å². The summed E-state index contributed by atoms with van der Waals surface area (Å²) >= 11 is 0. The number of halogens is 2. The van der Waals surface area contributed by atoms with Crippen molar-refractivity contribution in [3.63, 3.8) is 0 Å². The van der Waals surface area contributed by atoms with Crippen LogP contribution in [-0.4, -0.2) is 23.0 Å². The molecule has 0 aliphatic heterocycles. The van der Waals surface area contributed by atoms with Gasteiger partial charge in [0.05, 0.1) is 11.6 Å². The van der Waals surface area contributed by atoms with Crippen LogP contribution in [0.3, 0.4) is 0 Å². The highest BCUT2D eigenvalue weighted by Gasteiger charge is 2.22. The lowest BCUT2D eigenvalue weighted by atomic mass is 10.1. The Hall–Kier alpha value is -2.49. The Balaban J connectivity index is 2.70. The van der Waals surface area contributed by atoms with Crippen molar-refractivity contribution in [2.24, 2.45) is 0 Å². The van der Waals surface area contributed by atoms with Gasteiger partial charge in [0.2, 0.25) is 0 Å². The molecule has 0 unspecified atom stereocenters. The second-order valence-electron chi connectivity index (χ2n) is 4.37. The van der Waals surface area contributed by atoms with E-state index < -0.39 is 35.1 Å². The number of carboxylic acids is 1. The van der Waals surface area contributed by atoms with Gasteiger partial charge in [-0.05, 0) is 31.4 Å². The van der Waals surface area contributed by atoms with Crippen LogP contribution in [0.2, 0.25) is 0 Å². The second kappa shape index (κ2) is 7.94. The molecular weight excluding hydrogens is 282 g/mol. The largest absolute Gasteiger partial charge is 0.480 e. The molecule has 0 radical (unpaired) electrons. The van der Waals surface area contributed by atoms with Gasteiger partial charge in [-0.2, -0.15) is 5.26 Å². The van der Waals surface area contributed by atoms with E-state index in [9.17, 15) is 18.4 Å². The number of hydrogen-bond acceptors (Lipinski definition) is 3. The summed E-state index contributed by atoms with van der Waals surface area (Å²) in [7, 11) is 0. The lowest BCUT2D eigenvalue weighted by molar-refractivity contribution is -0.139. The maximum atomic E-state index is 13.4. The average Bonchev–Trinajstić information content (AvgIpc) is 2.44. The van der Waals surface area contributed by atoms with Crippen LogP contribution < -0.4 is 5.32 Å². The number of carboxylic acid groups (broad SMARTS) is 1. The van der Waals surface area contributed by atoms with E-state index in [1.807, 2.05) is 6.07 Å². The monoisotopic (exact) mass is 296 g/mol. The summed E-state index contributed by atoms with van der Waals surface area (Å²) in [6.45, 7) is 0. The molecule has 0 aliphatic carbocycles. The number of benzene rings is 1. The summed E-state index contributed by atoms with van der Waals surface area (Å²) in [5, 5.41) is 19.5. The van der Waals surface area contributed by atoms with Crippen LogP contribution in [0.1, 0.15) is 36.0 Å². The van der Waals surface area contributed by atoms with Crippen LogP contribution in [0.25, 0.3) is 0 Å². The van der Waals surface area contributed by atoms with Crippen LogP contribution in [0.4, 0.5) is 8.78 Å². The number of nitrogens with zero attached hydrogens (tertiary/aromatic N) is 1. The molecule has 0 heterocycles. The molecule has 1 rings (SSSR count). The fourth-order valence-electron chi connectivity index (χ4n) is 1.73. The van der Waals surface area contributed by atoms with Gasteiger partial charge in [-0.1, -0.05) is 6.07 Å². The molecular formula is C14H14F2N2O3. The molecule has 1 amide bonds. The molecule has 1 aromatic rings. The molecule has 7 heteroatoms. The summed E-state index contributed by atoms with van der Waals surface area (Å²) in [5.74, 6) is -4.75. The first-order valence-corrected chi connectivity index (χ1v) is 6.32. The number of rotatable bonds is 7. The normalized spacial score (nSPS) is 11.5. The van der Waals surface area contributed by atoms with Crippen molar-refractivity contribution in [1.82, 2.24) is 5.32 Å². The van der Waals surface area contributed by atoms with Crippen LogP contribution in [0.5, 0.6) is 0 Å². The van der Waals surface area contributed by atoms with Gasteiger partial charge in [0.25, 0.3) is 5.91 Å². The molecule has 0 fully saturated rings. The molecule has 0 bridgehead atoms. The number of hydrogen-bond donors (Lipinski definition) is 2. The standard InChI is InChI=1S/C14H14F2N2O3/c15-10-6-4-5-9(12(10)16)13(19)18-11(14(20)21)7-2-1-3-8-17/h4-6,11H,1-3,7H2,(H,18,19)(H,20,21)/t11-/m1/s1. The number of unbranched alkanes of at least 4 members (excludes halogenated alkanes) is 2. The van der Waals surface area contributed by atoms with Gasteiger partial charge in [0.1, 0.15) is 6.04 Å². The van der Waals surface area contributed by atoms with Crippen molar-refractivity contribution in [1.29, 1.82) is 5.26 Å². The highest BCUT2D eigenvalue weighted by atomic mass is 19.2. The average molecular weight is 296 g/mol. The Labute approximate surface area is 120 Å². The van der Waals surface area contributed by atoms with Crippen molar-refractivity contribution in [3.8, 4) is 6.07 Å². The highest BCUT2D eigenvalue weighted by molar-refractivity contribution is 5.96. The van der Waals surface area contributed by atoms with E-state index in [2.05, 4.69) is 5.32 Å². The third kappa shape index (κ3) is 4.84. The molecule has 0 spiro atoms. The minimum atomic E-state index is -1.32. The second-order valence-corrected chi connectivity index (χ2v) is 4.37. The molecule has 0 saturated heterocycles. The molecule has 1 aromatic carbocycles. The van der Waals surface area contributed by atoms with Crippen LogP contribution in [0, 0.1) is 23.0 Å². The van der Waals surface area contributed by atoms with Crippen molar-refractivity contribution >= 4 is 11.9 Å². The van der Waals surface area contributed by atoms with Crippen molar-refractivity contribution < 1.29 is 23.5 Å². The fourth-order valence-corrected chi connectivity index (χ4v) is 1.73. The van der Waals surface area contributed by atoms with E-state index >= 15 is 0 Å². The molecule has 21 heavy (non-hydrogen) atoms. The molecule has 0 aliphatic rings. The molecule has 112 valence electrons. The zero-order valence-electron chi connectivity index (χ0n) is 11.1. The maximum absolute atomic E-state index is 13.4. The Morgan fingerprint density at radius 2 is 2.05 bits per heavy atom. The number of carbonyl (C=O) groups is 2. The summed E-state index contributed by atoms with van der Waals surface area (Å²) in [6.07, 6.45) is 1.33. The van der Waals surface area contributed by atoms with Gasteiger partial charge < -0.3 is 10.4 Å².